The third-order valence-corrected chi connectivity index (χ3v) is 4.12. The first kappa shape index (κ1) is 20.5. The molecule has 1 saturated carbocycles. The number of hydrogen-bond donors (Lipinski definition) is 1. The lowest BCUT2D eigenvalue weighted by atomic mass is 10.3. The summed E-state index contributed by atoms with van der Waals surface area (Å²) in [5.41, 5.74) is 0. The molecule has 1 aliphatic carbocycles. The lowest BCUT2D eigenvalue weighted by molar-refractivity contribution is -0.130. The van der Waals surface area contributed by atoms with Crippen LogP contribution in [0.3, 0.4) is 0 Å². The Balaban J connectivity index is 0.00000264. The van der Waals surface area contributed by atoms with Gasteiger partial charge >= 0.3 is 0 Å². The van der Waals surface area contributed by atoms with Gasteiger partial charge in [0.25, 0.3) is 0 Å². The molecular formula is C16H31IN4O2. The highest BCUT2D eigenvalue weighted by atomic mass is 127. The van der Waals surface area contributed by atoms with Gasteiger partial charge in [-0.2, -0.15) is 0 Å². The summed E-state index contributed by atoms with van der Waals surface area (Å²) in [6, 6.07) is 0. The fourth-order valence-corrected chi connectivity index (χ4v) is 2.55. The molecule has 0 aromatic carbocycles. The Kier molecular flexibility index (Phi) is 9.85. The van der Waals surface area contributed by atoms with E-state index in [1.807, 2.05) is 4.90 Å². The van der Waals surface area contributed by atoms with Gasteiger partial charge in [0.1, 0.15) is 0 Å². The predicted octanol–water partition coefficient (Wildman–Crippen LogP) is 1.55. The largest absolute Gasteiger partial charge is 0.381 e. The Morgan fingerprint density at radius 2 is 1.87 bits per heavy atom. The molecule has 23 heavy (non-hydrogen) atoms. The van der Waals surface area contributed by atoms with Gasteiger partial charge in [-0.3, -0.25) is 9.79 Å². The summed E-state index contributed by atoms with van der Waals surface area (Å²) in [6.07, 6.45) is 3.65. The molecule has 6 nitrogen and oxygen atoms in total. The first-order chi connectivity index (χ1) is 10.7. The Morgan fingerprint density at radius 1 is 1.22 bits per heavy atom. The van der Waals surface area contributed by atoms with Crippen molar-refractivity contribution in [3.63, 3.8) is 0 Å². The molecule has 2 aliphatic rings. The molecule has 0 aromatic heterocycles. The lowest BCUT2D eigenvalue weighted by Gasteiger charge is -2.36. The fraction of sp³-hybridized carbons (Fsp3) is 0.875. The normalized spacial score (nSPS) is 18.6. The SMILES string of the molecule is CCNC(=NCCCOCC1CC1)N1CCN(C(C)=O)CC1.I. The van der Waals surface area contributed by atoms with Crippen LogP contribution in [0.1, 0.15) is 33.1 Å². The van der Waals surface area contributed by atoms with Crippen LogP contribution in [-0.2, 0) is 9.53 Å². The van der Waals surface area contributed by atoms with Gasteiger partial charge in [0, 0.05) is 59.4 Å². The van der Waals surface area contributed by atoms with Gasteiger partial charge < -0.3 is 19.9 Å². The topological polar surface area (TPSA) is 57.2 Å². The highest BCUT2D eigenvalue weighted by Gasteiger charge is 2.21. The van der Waals surface area contributed by atoms with Gasteiger partial charge in [-0.15, -0.1) is 24.0 Å². The molecule has 0 bridgehead atoms. The van der Waals surface area contributed by atoms with Gasteiger partial charge in [-0.1, -0.05) is 0 Å². The Morgan fingerprint density at radius 3 is 2.43 bits per heavy atom. The third kappa shape index (κ3) is 7.69. The number of guanidine groups is 1. The summed E-state index contributed by atoms with van der Waals surface area (Å²) in [5.74, 6) is 1.96. The van der Waals surface area contributed by atoms with Crippen molar-refractivity contribution in [1.29, 1.82) is 0 Å². The smallest absolute Gasteiger partial charge is 0.219 e. The zero-order chi connectivity index (χ0) is 15.8. The minimum absolute atomic E-state index is 0. The van der Waals surface area contributed by atoms with Crippen molar-refractivity contribution in [3.8, 4) is 0 Å². The van der Waals surface area contributed by atoms with Crippen molar-refractivity contribution < 1.29 is 9.53 Å². The molecule has 2 rings (SSSR count). The Labute approximate surface area is 157 Å². The van der Waals surface area contributed by atoms with Crippen LogP contribution in [0.5, 0.6) is 0 Å². The summed E-state index contributed by atoms with van der Waals surface area (Å²) < 4.78 is 5.64. The van der Waals surface area contributed by atoms with Crippen molar-refractivity contribution in [2.45, 2.75) is 33.1 Å². The molecule has 2 fully saturated rings. The molecule has 1 amide bonds. The number of amides is 1. The highest BCUT2D eigenvalue weighted by molar-refractivity contribution is 14.0. The second kappa shape index (κ2) is 11.1. The van der Waals surface area contributed by atoms with E-state index in [0.717, 1.165) is 70.8 Å². The summed E-state index contributed by atoms with van der Waals surface area (Å²) in [4.78, 5) is 20.2. The van der Waals surface area contributed by atoms with E-state index < -0.39 is 0 Å². The molecule has 134 valence electrons. The predicted molar refractivity (Wildman–Crippen MR) is 103 cm³/mol. The average Bonchev–Trinajstić information content (AvgIpc) is 3.34. The maximum atomic E-state index is 11.4. The first-order valence-corrected chi connectivity index (χ1v) is 8.57. The number of aliphatic imine (C=N–C) groups is 1. The van der Waals surface area contributed by atoms with Crippen molar-refractivity contribution in [1.82, 2.24) is 15.1 Å². The summed E-state index contributed by atoms with van der Waals surface area (Å²) in [6.45, 7) is 10.4. The van der Waals surface area contributed by atoms with Gasteiger partial charge in [0.2, 0.25) is 5.91 Å². The minimum atomic E-state index is 0. The van der Waals surface area contributed by atoms with E-state index in [9.17, 15) is 4.79 Å². The minimum Gasteiger partial charge on any atom is -0.381 e. The number of carbonyl (C=O) groups is 1. The van der Waals surface area contributed by atoms with E-state index in [1.54, 1.807) is 6.92 Å². The molecule has 0 unspecified atom stereocenters. The van der Waals surface area contributed by atoms with Crippen molar-refractivity contribution >= 4 is 35.8 Å². The molecule has 1 N–H and O–H groups in total. The van der Waals surface area contributed by atoms with Gasteiger partial charge in [0.05, 0.1) is 0 Å². The Bertz CT molecular complexity index is 380. The molecule has 0 spiro atoms. The van der Waals surface area contributed by atoms with E-state index in [0.29, 0.717) is 0 Å². The van der Waals surface area contributed by atoms with E-state index >= 15 is 0 Å². The van der Waals surface area contributed by atoms with Gasteiger partial charge in [-0.25, -0.2) is 0 Å². The van der Waals surface area contributed by atoms with Crippen LogP contribution < -0.4 is 5.32 Å². The van der Waals surface area contributed by atoms with E-state index in [4.69, 9.17) is 4.74 Å². The molecule has 0 radical (unpaired) electrons. The van der Waals surface area contributed by atoms with E-state index in [1.165, 1.54) is 12.8 Å². The van der Waals surface area contributed by atoms with Crippen LogP contribution in [0.2, 0.25) is 0 Å². The third-order valence-electron chi connectivity index (χ3n) is 4.12. The quantitative estimate of drug-likeness (QED) is 0.284. The van der Waals surface area contributed by atoms with Crippen molar-refractivity contribution in [2.75, 3.05) is 52.5 Å². The van der Waals surface area contributed by atoms with Crippen LogP contribution >= 0.6 is 24.0 Å². The number of hydrogen-bond acceptors (Lipinski definition) is 3. The molecule has 1 aliphatic heterocycles. The number of halogens is 1. The number of nitrogens with one attached hydrogen (secondary N) is 1. The van der Waals surface area contributed by atoms with Crippen LogP contribution in [0, 0.1) is 5.92 Å². The summed E-state index contributed by atoms with van der Waals surface area (Å²) >= 11 is 0. The number of piperazine rings is 1. The van der Waals surface area contributed by atoms with Crippen molar-refractivity contribution in [3.05, 3.63) is 0 Å². The monoisotopic (exact) mass is 438 g/mol. The standard InChI is InChI=1S/C16H30N4O2.HI/c1-3-17-16(18-7-4-12-22-13-15-5-6-15)20-10-8-19(9-11-20)14(2)21;/h15H,3-13H2,1-2H3,(H,17,18);1H. The maximum absolute atomic E-state index is 11.4. The van der Waals surface area contributed by atoms with E-state index in [-0.39, 0.29) is 29.9 Å². The zero-order valence-corrected chi connectivity index (χ0v) is 16.8. The fourth-order valence-electron chi connectivity index (χ4n) is 2.55. The van der Waals surface area contributed by atoms with Crippen LogP contribution in [-0.4, -0.2) is 74.1 Å². The summed E-state index contributed by atoms with van der Waals surface area (Å²) in [5, 5.41) is 3.35. The van der Waals surface area contributed by atoms with E-state index in [2.05, 4.69) is 22.1 Å². The zero-order valence-electron chi connectivity index (χ0n) is 14.4. The van der Waals surface area contributed by atoms with Crippen LogP contribution in [0.25, 0.3) is 0 Å². The first-order valence-electron chi connectivity index (χ1n) is 8.57. The molecule has 0 atom stereocenters. The second-order valence-electron chi connectivity index (χ2n) is 6.10. The Hall–Kier alpha value is -0.570. The lowest BCUT2D eigenvalue weighted by Crippen LogP contribution is -2.53. The molecule has 0 aromatic rings. The molecule has 1 saturated heterocycles. The number of carbonyl (C=O) groups excluding carboxylic acids is 1. The number of nitrogens with zero attached hydrogens (tertiary/aromatic N) is 3. The summed E-state index contributed by atoms with van der Waals surface area (Å²) in [7, 11) is 0. The van der Waals surface area contributed by atoms with Gasteiger partial charge in [0.15, 0.2) is 5.96 Å². The number of ether oxygens (including phenoxy) is 1. The second-order valence-corrected chi connectivity index (χ2v) is 6.10. The average molecular weight is 438 g/mol. The number of rotatable bonds is 7. The van der Waals surface area contributed by atoms with Crippen LogP contribution in [0.15, 0.2) is 4.99 Å². The highest BCUT2D eigenvalue weighted by Crippen LogP contribution is 2.28. The van der Waals surface area contributed by atoms with Crippen LogP contribution in [0.4, 0.5) is 0 Å². The molecule has 1 heterocycles. The molecular weight excluding hydrogens is 407 g/mol. The van der Waals surface area contributed by atoms with Gasteiger partial charge in [-0.05, 0) is 32.1 Å². The maximum Gasteiger partial charge on any atom is 0.219 e. The molecule has 7 heteroatoms. The van der Waals surface area contributed by atoms with Crippen molar-refractivity contribution in [2.24, 2.45) is 10.9 Å².